The first-order chi connectivity index (χ1) is 12.7. The fourth-order valence-electron chi connectivity index (χ4n) is 2.89. The van der Waals surface area contributed by atoms with E-state index in [9.17, 15) is 4.79 Å². The molecule has 1 heterocycles. The monoisotopic (exact) mass is 360 g/mol. The van der Waals surface area contributed by atoms with Crippen molar-refractivity contribution < 1.29 is 9.53 Å². The first kappa shape index (κ1) is 20.2. The summed E-state index contributed by atoms with van der Waals surface area (Å²) in [4.78, 5) is 18.2. The van der Waals surface area contributed by atoms with Crippen molar-refractivity contribution in [3.63, 3.8) is 0 Å². The Kier molecular flexibility index (Phi) is 8.96. The zero-order chi connectivity index (χ0) is 18.6. The summed E-state index contributed by atoms with van der Waals surface area (Å²) < 4.78 is 5.42. The van der Waals surface area contributed by atoms with Crippen LogP contribution in [0.4, 0.5) is 0 Å². The van der Waals surface area contributed by atoms with Gasteiger partial charge < -0.3 is 20.3 Å². The second-order valence-corrected chi connectivity index (χ2v) is 6.41. The maximum atomic E-state index is 11.6. The number of likely N-dealkylation sites (tertiary alicyclic amines) is 1. The topological polar surface area (TPSA) is 66.0 Å². The Balaban J connectivity index is 1.75. The molecule has 1 amide bonds. The highest BCUT2D eigenvalue weighted by molar-refractivity contribution is 5.79. The SMILES string of the molecule is CCNC(=NCc1ccc(COCC)cc1)NCCCN1CCCC1=O. The normalized spacial score (nSPS) is 14.8. The molecule has 1 aliphatic heterocycles. The number of carbonyl (C=O) groups is 1. The summed E-state index contributed by atoms with van der Waals surface area (Å²) in [5, 5.41) is 6.62. The number of guanidine groups is 1. The van der Waals surface area contributed by atoms with Crippen LogP contribution in [0.3, 0.4) is 0 Å². The second-order valence-electron chi connectivity index (χ2n) is 6.41. The molecule has 1 fully saturated rings. The smallest absolute Gasteiger partial charge is 0.222 e. The number of nitrogens with zero attached hydrogens (tertiary/aromatic N) is 2. The summed E-state index contributed by atoms with van der Waals surface area (Å²) in [6.07, 6.45) is 2.64. The largest absolute Gasteiger partial charge is 0.377 e. The Morgan fingerprint density at radius 2 is 1.96 bits per heavy atom. The Morgan fingerprint density at radius 1 is 1.19 bits per heavy atom. The highest BCUT2D eigenvalue weighted by Gasteiger charge is 2.18. The predicted molar refractivity (Wildman–Crippen MR) is 105 cm³/mol. The predicted octanol–water partition coefficient (Wildman–Crippen LogP) is 2.29. The zero-order valence-electron chi connectivity index (χ0n) is 16.1. The van der Waals surface area contributed by atoms with Crippen LogP contribution in [-0.2, 0) is 22.7 Å². The molecule has 0 radical (unpaired) electrons. The van der Waals surface area contributed by atoms with Crippen molar-refractivity contribution in [2.75, 3.05) is 32.8 Å². The lowest BCUT2D eigenvalue weighted by Crippen LogP contribution is -2.39. The summed E-state index contributed by atoms with van der Waals surface area (Å²) in [5.74, 6) is 1.11. The Morgan fingerprint density at radius 3 is 2.62 bits per heavy atom. The minimum Gasteiger partial charge on any atom is -0.377 e. The summed E-state index contributed by atoms with van der Waals surface area (Å²) >= 11 is 0. The van der Waals surface area contributed by atoms with Gasteiger partial charge in [0.1, 0.15) is 0 Å². The minimum atomic E-state index is 0.290. The molecule has 0 unspecified atom stereocenters. The van der Waals surface area contributed by atoms with E-state index in [0.29, 0.717) is 25.5 Å². The number of rotatable bonds is 10. The molecule has 26 heavy (non-hydrogen) atoms. The van der Waals surface area contributed by atoms with E-state index in [0.717, 1.165) is 51.6 Å². The van der Waals surface area contributed by atoms with Crippen LogP contribution in [0.5, 0.6) is 0 Å². The van der Waals surface area contributed by atoms with Crippen LogP contribution in [0.15, 0.2) is 29.3 Å². The molecule has 1 saturated heterocycles. The molecule has 2 rings (SSSR count). The van der Waals surface area contributed by atoms with Crippen LogP contribution in [0.2, 0.25) is 0 Å². The molecule has 144 valence electrons. The summed E-state index contributed by atoms with van der Waals surface area (Å²) in [6.45, 7) is 9.45. The van der Waals surface area contributed by atoms with Gasteiger partial charge in [0.15, 0.2) is 5.96 Å². The first-order valence-corrected chi connectivity index (χ1v) is 9.68. The third kappa shape index (κ3) is 7.04. The third-order valence-electron chi connectivity index (χ3n) is 4.33. The van der Waals surface area contributed by atoms with Gasteiger partial charge in [-0.25, -0.2) is 4.99 Å². The lowest BCUT2D eigenvalue weighted by atomic mass is 10.1. The molecule has 1 aromatic carbocycles. The first-order valence-electron chi connectivity index (χ1n) is 9.68. The molecule has 0 saturated carbocycles. The molecule has 0 atom stereocenters. The third-order valence-corrected chi connectivity index (χ3v) is 4.33. The van der Waals surface area contributed by atoms with Gasteiger partial charge in [0.25, 0.3) is 0 Å². The average Bonchev–Trinajstić information content (AvgIpc) is 3.07. The molecule has 0 spiro atoms. The van der Waals surface area contributed by atoms with E-state index < -0.39 is 0 Å². The maximum Gasteiger partial charge on any atom is 0.222 e. The number of aliphatic imine (C=N–C) groups is 1. The number of nitrogens with one attached hydrogen (secondary N) is 2. The van der Waals surface area contributed by atoms with Crippen molar-refractivity contribution in [3.8, 4) is 0 Å². The Bertz CT molecular complexity index is 572. The standard InChI is InChI=1S/C20H32N4O2/c1-3-21-20(22-12-6-14-24-13-5-7-19(24)25)23-15-17-8-10-18(11-9-17)16-26-4-2/h8-11H,3-7,12-16H2,1-2H3,(H2,21,22,23). The molecule has 0 aliphatic carbocycles. The molecular weight excluding hydrogens is 328 g/mol. The fourth-order valence-corrected chi connectivity index (χ4v) is 2.89. The van der Waals surface area contributed by atoms with E-state index in [1.54, 1.807) is 0 Å². The van der Waals surface area contributed by atoms with E-state index in [1.165, 1.54) is 11.1 Å². The van der Waals surface area contributed by atoms with Crippen LogP contribution in [-0.4, -0.2) is 49.6 Å². The van der Waals surface area contributed by atoms with Crippen LogP contribution in [0.25, 0.3) is 0 Å². The van der Waals surface area contributed by atoms with Gasteiger partial charge in [0, 0.05) is 39.2 Å². The van der Waals surface area contributed by atoms with Crippen molar-refractivity contribution in [2.45, 2.75) is 46.3 Å². The minimum absolute atomic E-state index is 0.290. The molecule has 1 aromatic rings. The van der Waals surface area contributed by atoms with E-state index >= 15 is 0 Å². The van der Waals surface area contributed by atoms with Crippen molar-refractivity contribution in [2.24, 2.45) is 4.99 Å². The fraction of sp³-hybridized carbons (Fsp3) is 0.600. The van der Waals surface area contributed by atoms with Crippen LogP contribution >= 0.6 is 0 Å². The van der Waals surface area contributed by atoms with Gasteiger partial charge in [-0.2, -0.15) is 0 Å². The zero-order valence-corrected chi connectivity index (χ0v) is 16.1. The quantitative estimate of drug-likeness (QED) is 0.382. The molecule has 0 aromatic heterocycles. The van der Waals surface area contributed by atoms with E-state index in [1.807, 2.05) is 11.8 Å². The molecule has 0 bridgehead atoms. The number of benzene rings is 1. The summed E-state index contributed by atoms with van der Waals surface area (Å²) in [7, 11) is 0. The average molecular weight is 361 g/mol. The van der Waals surface area contributed by atoms with Gasteiger partial charge in [-0.3, -0.25) is 4.79 Å². The van der Waals surface area contributed by atoms with E-state index in [4.69, 9.17) is 4.74 Å². The van der Waals surface area contributed by atoms with Gasteiger partial charge in [0.05, 0.1) is 13.2 Å². The highest BCUT2D eigenvalue weighted by atomic mass is 16.5. The number of amides is 1. The van der Waals surface area contributed by atoms with Crippen molar-refractivity contribution in [1.29, 1.82) is 0 Å². The van der Waals surface area contributed by atoms with Gasteiger partial charge in [-0.15, -0.1) is 0 Å². The van der Waals surface area contributed by atoms with Crippen LogP contribution in [0, 0.1) is 0 Å². The lowest BCUT2D eigenvalue weighted by Gasteiger charge is -2.16. The highest BCUT2D eigenvalue weighted by Crippen LogP contribution is 2.09. The Hall–Kier alpha value is -2.08. The number of hydrogen-bond acceptors (Lipinski definition) is 3. The summed E-state index contributed by atoms with van der Waals surface area (Å²) in [5.41, 5.74) is 2.35. The van der Waals surface area contributed by atoms with Gasteiger partial charge in [-0.05, 0) is 37.8 Å². The van der Waals surface area contributed by atoms with Crippen molar-refractivity contribution in [3.05, 3.63) is 35.4 Å². The second kappa shape index (κ2) is 11.5. The van der Waals surface area contributed by atoms with Gasteiger partial charge in [-0.1, -0.05) is 24.3 Å². The molecular formula is C20H32N4O2. The van der Waals surface area contributed by atoms with E-state index in [2.05, 4.69) is 46.8 Å². The Labute approximate surface area is 157 Å². The lowest BCUT2D eigenvalue weighted by molar-refractivity contribution is -0.127. The summed E-state index contributed by atoms with van der Waals surface area (Å²) in [6, 6.07) is 8.38. The number of carbonyl (C=O) groups excluding carboxylic acids is 1. The number of ether oxygens (including phenoxy) is 1. The van der Waals surface area contributed by atoms with Gasteiger partial charge in [0.2, 0.25) is 5.91 Å². The molecule has 6 nitrogen and oxygen atoms in total. The van der Waals surface area contributed by atoms with Crippen LogP contribution < -0.4 is 10.6 Å². The maximum absolute atomic E-state index is 11.6. The number of hydrogen-bond donors (Lipinski definition) is 2. The molecule has 2 N–H and O–H groups in total. The van der Waals surface area contributed by atoms with Crippen molar-refractivity contribution in [1.82, 2.24) is 15.5 Å². The van der Waals surface area contributed by atoms with Crippen molar-refractivity contribution >= 4 is 11.9 Å². The molecule has 6 heteroatoms. The van der Waals surface area contributed by atoms with E-state index in [-0.39, 0.29) is 0 Å². The van der Waals surface area contributed by atoms with Gasteiger partial charge >= 0.3 is 0 Å². The van der Waals surface area contributed by atoms with Crippen LogP contribution in [0.1, 0.15) is 44.2 Å². The molecule has 1 aliphatic rings.